The van der Waals surface area contributed by atoms with E-state index in [1.165, 1.54) is 29.8 Å². The van der Waals surface area contributed by atoms with Gasteiger partial charge in [0.1, 0.15) is 11.6 Å². The molecular weight excluding hydrogens is 456 g/mol. The van der Waals surface area contributed by atoms with Gasteiger partial charge in [-0.15, -0.1) is 0 Å². The Morgan fingerprint density at radius 1 is 0.889 bits per heavy atom. The molecule has 5 rings (SSSR count). The maximum atomic E-state index is 13.5. The Labute approximate surface area is 208 Å². The summed E-state index contributed by atoms with van der Waals surface area (Å²) in [6.07, 6.45) is 0. The van der Waals surface area contributed by atoms with Crippen molar-refractivity contribution in [3.8, 4) is 11.4 Å². The van der Waals surface area contributed by atoms with E-state index in [1.54, 1.807) is 24.3 Å². The van der Waals surface area contributed by atoms with Gasteiger partial charge >= 0.3 is 0 Å². The summed E-state index contributed by atoms with van der Waals surface area (Å²) in [7, 11) is 4.09. The third-order valence-electron chi connectivity index (χ3n) is 5.97. The predicted octanol–water partition coefficient (Wildman–Crippen LogP) is 6.48. The van der Waals surface area contributed by atoms with Gasteiger partial charge in [0.25, 0.3) is 0 Å². The second kappa shape index (κ2) is 9.87. The molecule has 0 atom stereocenters. The average molecular weight is 484 g/mol. The summed E-state index contributed by atoms with van der Waals surface area (Å²) in [5.41, 5.74) is 6.97. The van der Waals surface area contributed by atoms with E-state index in [0.717, 1.165) is 46.9 Å². The molecule has 0 radical (unpaired) electrons. The lowest BCUT2D eigenvalue weighted by Crippen LogP contribution is -2.15. The molecule has 7 heteroatoms. The summed E-state index contributed by atoms with van der Waals surface area (Å²) in [4.78, 5) is 11.9. The van der Waals surface area contributed by atoms with Crippen LogP contribution in [-0.4, -0.2) is 28.5 Å². The van der Waals surface area contributed by atoms with Gasteiger partial charge in [0.15, 0.2) is 0 Å². The minimum atomic E-state index is -0.315. The molecule has 0 spiro atoms. The molecule has 182 valence electrons. The number of hydrogen-bond acceptors (Lipinski definition) is 4. The fourth-order valence-corrected chi connectivity index (χ4v) is 4.36. The van der Waals surface area contributed by atoms with Crippen LogP contribution in [0.3, 0.4) is 0 Å². The lowest BCUT2D eigenvalue weighted by Gasteiger charge is -2.20. The van der Waals surface area contributed by atoms with Crippen molar-refractivity contribution in [2.75, 3.05) is 19.4 Å². The maximum Gasteiger partial charge on any atom is 0.123 e. The van der Waals surface area contributed by atoms with Gasteiger partial charge in [0.2, 0.25) is 0 Å². The molecule has 3 aromatic rings. The molecule has 1 heterocycles. The van der Waals surface area contributed by atoms with Crippen molar-refractivity contribution in [2.45, 2.75) is 20.0 Å². The largest absolute Gasteiger partial charge is 0.354 e. The lowest BCUT2D eigenvalue weighted by atomic mass is 10.1. The number of anilines is 2. The average Bonchev–Trinajstić information content (AvgIpc) is 2.85. The Kier molecular flexibility index (Phi) is 6.48. The third-order valence-corrected chi connectivity index (χ3v) is 5.97. The molecule has 2 aliphatic rings. The molecule has 0 fully saturated rings. The Hall–Kier alpha value is -4.10. The second-order valence-electron chi connectivity index (χ2n) is 9.00. The summed E-state index contributed by atoms with van der Waals surface area (Å²) < 4.78 is 29.2. The van der Waals surface area contributed by atoms with Crippen LogP contribution < -0.4 is 10.7 Å². The van der Waals surface area contributed by atoms with Crippen LogP contribution in [0.15, 0.2) is 83.9 Å². The number of aromatic nitrogens is 2. The monoisotopic (exact) mass is 483 g/mol. The molecule has 0 amide bonds. The quantitative estimate of drug-likeness (QED) is 0.281. The van der Waals surface area contributed by atoms with Gasteiger partial charge in [-0.2, -0.15) is 0 Å². The molecule has 1 N–H and O–H groups in total. The summed E-state index contributed by atoms with van der Waals surface area (Å²) in [5, 5.41) is 4.03. The lowest BCUT2D eigenvalue weighted by molar-refractivity contribution is 0.402. The Bertz CT molecular complexity index is 1550. The highest BCUT2D eigenvalue weighted by molar-refractivity contribution is 5.82. The van der Waals surface area contributed by atoms with Gasteiger partial charge in [0.05, 0.1) is 39.2 Å². The first-order chi connectivity index (χ1) is 17.4. The minimum Gasteiger partial charge on any atom is -0.354 e. The topological polar surface area (TPSA) is 45.5 Å². The summed E-state index contributed by atoms with van der Waals surface area (Å²) in [6.45, 7) is 3.69. The molecule has 5 nitrogen and oxygen atoms in total. The van der Waals surface area contributed by atoms with Crippen molar-refractivity contribution in [2.24, 2.45) is 4.99 Å². The van der Waals surface area contributed by atoms with Gasteiger partial charge in [-0.3, -0.25) is 0 Å². The zero-order chi connectivity index (χ0) is 25.2. The zero-order valence-electron chi connectivity index (χ0n) is 20.5. The van der Waals surface area contributed by atoms with Crippen molar-refractivity contribution in [1.29, 1.82) is 0 Å². The van der Waals surface area contributed by atoms with E-state index in [-0.39, 0.29) is 11.6 Å². The third kappa shape index (κ3) is 4.97. The summed E-state index contributed by atoms with van der Waals surface area (Å²) >= 11 is 0. The fourth-order valence-electron chi connectivity index (χ4n) is 4.36. The number of nitrogens with zero attached hydrogens (tertiary/aromatic N) is 4. The molecule has 36 heavy (non-hydrogen) atoms. The SMILES string of the molecule is CCn1c2cc(=Nc3ccc(F)cc3)c(Nc3ccc(F)cc3)cc-2nc2cc(CN(C)C)ccc21. The molecule has 1 aliphatic heterocycles. The van der Waals surface area contributed by atoms with Crippen molar-refractivity contribution < 1.29 is 8.78 Å². The van der Waals surface area contributed by atoms with Gasteiger partial charge in [-0.1, -0.05) is 6.07 Å². The van der Waals surface area contributed by atoms with E-state index in [4.69, 9.17) is 9.98 Å². The normalized spacial score (nSPS) is 12.1. The zero-order valence-corrected chi connectivity index (χ0v) is 20.5. The van der Waals surface area contributed by atoms with Crippen LogP contribution in [-0.2, 0) is 13.1 Å². The van der Waals surface area contributed by atoms with E-state index < -0.39 is 0 Å². The van der Waals surface area contributed by atoms with Crippen LogP contribution in [0.1, 0.15) is 12.5 Å². The van der Waals surface area contributed by atoms with E-state index in [1.807, 2.05) is 26.2 Å². The van der Waals surface area contributed by atoms with Gasteiger partial charge in [-0.05, 0) is 99.4 Å². The molecule has 0 saturated carbocycles. The van der Waals surface area contributed by atoms with Gasteiger partial charge < -0.3 is 14.8 Å². The first kappa shape index (κ1) is 23.6. The van der Waals surface area contributed by atoms with Crippen molar-refractivity contribution in [1.82, 2.24) is 14.5 Å². The maximum absolute atomic E-state index is 13.5. The number of halogens is 2. The number of nitrogens with one attached hydrogen (secondary N) is 1. The highest BCUT2D eigenvalue weighted by atomic mass is 19.1. The van der Waals surface area contributed by atoms with Gasteiger partial charge in [0, 0.05) is 18.8 Å². The molecule has 0 bridgehead atoms. The van der Waals surface area contributed by atoms with Crippen molar-refractivity contribution in [3.63, 3.8) is 0 Å². The fraction of sp³-hybridized carbons (Fsp3) is 0.172. The van der Waals surface area contributed by atoms with Crippen LogP contribution in [0.4, 0.5) is 25.8 Å². The van der Waals surface area contributed by atoms with E-state index in [0.29, 0.717) is 11.0 Å². The Morgan fingerprint density at radius 3 is 2.25 bits per heavy atom. The predicted molar refractivity (Wildman–Crippen MR) is 141 cm³/mol. The molecule has 0 aromatic heterocycles. The van der Waals surface area contributed by atoms with Crippen LogP contribution in [0, 0.1) is 11.6 Å². The first-order valence-corrected chi connectivity index (χ1v) is 11.8. The van der Waals surface area contributed by atoms with E-state index in [9.17, 15) is 8.78 Å². The highest BCUT2D eigenvalue weighted by Gasteiger charge is 2.15. The molecule has 3 aromatic carbocycles. The van der Waals surface area contributed by atoms with Crippen molar-refractivity contribution in [3.05, 3.63) is 101 Å². The number of hydrogen-bond donors (Lipinski definition) is 1. The van der Waals surface area contributed by atoms with Crippen LogP contribution in [0.5, 0.6) is 0 Å². The number of benzene rings is 4. The van der Waals surface area contributed by atoms with E-state index in [2.05, 4.69) is 39.9 Å². The number of fused-ring (bicyclic) bond motifs is 2. The number of aryl methyl sites for hydroxylation is 1. The standard InChI is InChI=1S/C29H27F2N5/c1-4-36-28-14-5-19(18-35(2)3)15-26(28)34-27-16-24(32-22-10-6-20(30)7-11-22)25(17-29(27)36)33-23-12-8-21(31)9-13-23/h5-17,32H,4,18H2,1-3H3. The number of rotatable bonds is 6. The summed E-state index contributed by atoms with van der Waals surface area (Å²) in [5.74, 6) is -0.619. The first-order valence-electron chi connectivity index (χ1n) is 11.8. The Balaban J connectivity index is 1.74. The molecule has 1 aliphatic carbocycles. The summed E-state index contributed by atoms with van der Waals surface area (Å²) in [6, 6.07) is 22.6. The van der Waals surface area contributed by atoms with Gasteiger partial charge in [-0.25, -0.2) is 18.8 Å². The van der Waals surface area contributed by atoms with Crippen LogP contribution >= 0.6 is 0 Å². The highest BCUT2D eigenvalue weighted by Crippen LogP contribution is 2.28. The molecular formula is C29H27F2N5. The second-order valence-corrected chi connectivity index (χ2v) is 9.00. The van der Waals surface area contributed by atoms with E-state index >= 15 is 0 Å². The molecule has 0 saturated heterocycles. The van der Waals surface area contributed by atoms with Crippen LogP contribution in [0.25, 0.3) is 22.4 Å². The minimum absolute atomic E-state index is 0.305. The molecule has 0 unspecified atom stereocenters. The van der Waals surface area contributed by atoms with Crippen molar-refractivity contribution >= 4 is 28.1 Å². The Morgan fingerprint density at radius 2 is 1.58 bits per heavy atom. The van der Waals surface area contributed by atoms with Crippen LogP contribution in [0.2, 0.25) is 0 Å². The smallest absolute Gasteiger partial charge is 0.123 e.